The number of hydrogen-bond acceptors (Lipinski definition) is 5. The van der Waals surface area contributed by atoms with Gasteiger partial charge in [0.1, 0.15) is 17.3 Å². The average molecular weight is 348 g/mol. The van der Waals surface area contributed by atoms with Gasteiger partial charge in [-0.1, -0.05) is 6.92 Å². The van der Waals surface area contributed by atoms with Crippen LogP contribution in [0.15, 0.2) is 22.6 Å². The van der Waals surface area contributed by atoms with Crippen molar-refractivity contribution in [3.8, 4) is 17.2 Å². The van der Waals surface area contributed by atoms with Crippen molar-refractivity contribution >= 4 is 0 Å². The molecule has 1 unspecified atom stereocenters. The van der Waals surface area contributed by atoms with E-state index in [0.717, 1.165) is 38.2 Å². The summed E-state index contributed by atoms with van der Waals surface area (Å²) in [6.45, 7) is 7.28. The number of likely N-dealkylation sites (N-methyl/N-ethyl adjacent to an activating group) is 1. The van der Waals surface area contributed by atoms with Crippen LogP contribution in [0.4, 0.5) is 4.39 Å². The molecule has 2 heterocycles. The molecule has 136 valence electrons. The Labute approximate surface area is 147 Å². The number of halogens is 1. The smallest absolute Gasteiger partial charge is 0.229 e. The highest BCUT2D eigenvalue weighted by Gasteiger charge is 2.21. The van der Waals surface area contributed by atoms with Gasteiger partial charge in [0, 0.05) is 19.7 Å². The molecule has 6 heteroatoms. The van der Waals surface area contributed by atoms with E-state index in [4.69, 9.17) is 13.9 Å². The van der Waals surface area contributed by atoms with Crippen molar-refractivity contribution in [3.05, 3.63) is 35.5 Å². The third kappa shape index (κ3) is 4.19. The Kier molecular flexibility index (Phi) is 5.71. The molecule has 5 nitrogen and oxygen atoms in total. The van der Waals surface area contributed by atoms with E-state index in [2.05, 4.69) is 16.8 Å². The van der Waals surface area contributed by atoms with Crippen LogP contribution >= 0.6 is 0 Å². The molecule has 0 aliphatic carbocycles. The van der Waals surface area contributed by atoms with E-state index in [9.17, 15) is 4.39 Å². The van der Waals surface area contributed by atoms with E-state index < -0.39 is 0 Å². The molecule has 0 spiro atoms. The van der Waals surface area contributed by atoms with Crippen LogP contribution in [-0.4, -0.2) is 42.8 Å². The number of methoxy groups -OCH3 is 1. The van der Waals surface area contributed by atoms with Gasteiger partial charge in [-0.15, -0.1) is 0 Å². The molecular weight excluding hydrogens is 323 g/mol. The lowest BCUT2D eigenvalue weighted by Crippen LogP contribution is -2.31. The van der Waals surface area contributed by atoms with Crippen molar-refractivity contribution in [3.63, 3.8) is 0 Å². The Morgan fingerprint density at radius 1 is 1.40 bits per heavy atom. The number of hydrogen-bond donors (Lipinski definition) is 0. The maximum atomic E-state index is 14.1. The second-order valence-corrected chi connectivity index (χ2v) is 6.33. The highest BCUT2D eigenvalue weighted by atomic mass is 19.1. The lowest BCUT2D eigenvalue weighted by Gasteiger charge is -2.22. The fourth-order valence-corrected chi connectivity index (χ4v) is 3.08. The standard InChI is InChI=1S/C19H25FN2O3/c1-4-22(11-15-6-5-9-24-15)12-18-13(2)25-19(21-18)16-10-14(23-3)7-8-17(16)20/h7-8,10,15H,4-6,9,11-12H2,1-3H3. The number of nitrogens with zero attached hydrogens (tertiary/aromatic N) is 2. The molecule has 2 aromatic rings. The van der Waals surface area contributed by atoms with Gasteiger partial charge in [0.15, 0.2) is 0 Å². The molecule has 3 rings (SSSR count). The molecule has 0 saturated carbocycles. The molecular formula is C19H25FN2O3. The number of aromatic nitrogens is 1. The largest absolute Gasteiger partial charge is 0.497 e. The summed E-state index contributed by atoms with van der Waals surface area (Å²) in [6, 6.07) is 4.55. The summed E-state index contributed by atoms with van der Waals surface area (Å²) in [5.74, 6) is 1.20. The van der Waals surface area contributed by atoms with Gasteiger partial charge in [0.05, 0.1) is 24.5 Å². The molecule has 0 amide bonds. The normalized spacial score (nSPS) is 17.4. The van der Waals surface area contributed by atoms with E-state index >= 15 is 0 Å². The van der Waals surface area contributed by atoms with Crippen LogP contribution in [0.1, 0.15) is 31.2 Å². The molecule has 1 aliphatic heterocycles. The summed E-state index contributed by atoms with van der Waals surface area (Å²) in [6.07, 6.45) is 2.53. The summed E-state index contributed by atoms with van der Waals surface area (Å²) in [5, 5.41) is 0. The predicted molar refractivity (Wildman–Crippen MR) is 93.1 cm³/mol. The zero-order valence-electron chi connectivity index (χ0n) is 15.0. The Balaban J connectivity index is 1.77. The lowest BCUT2D eigenvalue weighted by molar-refractivity contribution is 0.0720. The summed E-state index contributed by atoms with van der Waals surface area (Å²) < 4.78 is 30.8. The fourth-order valence-electron chi connectivity index (χ4n) is 3.08. The van der Waals surface area contributed by atoms with Crippen molar-refractivity contribution in [2.45, 2.75) is 39.3 Å². The van der Waals surface area contributed by atoms with Gasteiger partial charge in [0.2, 0.25) is 5.89 Å². The lowest BCUT2D eigenvalue weighted by atomic mass is 10.2. The van der Waals surface area contributed by atoms with Crippen LogP contribution in [0.5, 0.6) is 5.75 Å². The first-order valence-corrected chi connectivity index (χ1v) is 8.75. The van der Waals surface area contributed by atoms with Crippen LogP contribution in [0.25, 0.3) is 11.5 Å². The van der Waals surface area contributed by atoms with Crippen molar-refractivity contribution in [2.24, 2.45) is 0 Å². The first kappa shape index (κ1) is 17.9. The molecule has 0 bridgehead atoms. The number of ether oxygens (including phenoxy) is 2. The van der Waals surface area contributed by atoms with Gasteiger partial charge in [-0.05, 0) is 44.5 Å². The van der Waals surface area contributed by atoms with E-state index in [1.54, 1.807) is 19.2 Å². The highest BCUT2D eigenvalue weighted by Crippen LogP contribution is 2.28. The Bertz CT molecular complexity index is 711. The fraction of sp³-hybridized carbons (Fsp3) is 0.526. The van der Waals surface area contributed by atoms with E-state index in [1.165, 1.54) is 6.07 Å². The second-order valence-electron chi connectivity index (χ2n) is 6.33. The van der Waals surface area contributed by atoms with Gasteiger partial charge in [0.25, 0.3) is 0 Å². The van der Waals surface area contributed by atoms with Gasteiger partial charge in [-0.25, -0.2) is 9.37 Å². The summed E-state index contributed by atoms with van der Waals surface area (Å²) in [5.41, 5.74) is 1.15. The molecule has 1 aromatic carbocycles. The Morgan fingerprint density at radius 2 is 2.24 bits per heavy atom. The number of aryl methyl sites for hydroxylation is 1. The highest BCUT2D eigenvalue weighted by molar-refractivity contribution is 5.57. The van der Waals surface area contributed by atoms with Crippen LogP contribution in [0, 0.1) is 12.7 Å². The van der Waals surface area contributed by atoms with E-state index in [-0.39, 0.29) is 11.7 Å². The first-order chi connectivity index (χ1) is 12.1. The molecule has 1 fully saturated rings. The van der Waals surface area contributed by atoms with E-state index in [1.807, 2.05) is 6.92 Å². The summed E-state index contributed by atoms with van der Waals surface area (Å²) in [4.78, 5) is 6.82. The molecule has 0 N–H and O–H groups in total. The van der Waals surface area contributed by atoms with Gasteiger partial charge in [-0.3, -0.25) is 4.90 Å². The molecule has 25 heavy (non-hydrogen) atoms. The van der Waals surface area contributed by atoms with Gasteiger partial charge < -0.3 is 13.9 Å². The summed E-state index contributed by atoms with van der Waals surface area (Å²) >= 11 is 0. The van der Waals surface area contributed by atoms with Gasteiger partial charge in [-0.2, -0.15) is 0 Å². The topological polar surface area (TPSA) is 47.7 Å². The van der Waals surface area contributed by atoms with Crippen molar-refractivity contribution < 1.29 is 18.3 Å². The second kappa shape index (κ2) is 7.97. The SMILES string of the molecule is CCN(Cc1nc(-c2cc(OC)ccc2F)oc1C)CC1CCCO1. The van der Waals surface area contributed by atoms with Gasteiger partial charge >= 0.3 is 0 Å². The van der Waals surface area contributed by atoms with Crippen LogP contribution in [0.2, 0.25) is 0 Å². The molecule has 1 saturated heterocycles. The van der Waals surface area contributed by atoms with Crippen molar-refractivity contribution in [1.29, 1.82) is 0 Å². The first-order valence-electron chi connectivity index (χ1n) is 8.75. The maximum absolute atomic E-state index is 14.1. The van der Waals surface area contributed by atoms with Crippen molar-refractivity contribution in [1.82, 2.24) is 9.88 Å². The average Bonchev–Trinajstić information content (AvgIpc) is 3.25. The zero-order chi connectivity index (χ0) is 17.8. The number of oxazole rings is 1. The molecule has 0 radical (unpaired) electrons. The van der Waals surface area contributed by atoms with E-state index in [0.29, 0.717) is 29.7 Å². The minimum atomic E-state index is -0.375. The minimum absolute atomic E-state index is 0.289. The zero-order valence-corrected chi connectivity index (χ0v) is 15.0. The summed E-state index contributed by atoms with van der Waals surface area (Å²) in [7, 11) is 1.55. The number of benzene rings is 1. The molecule has 1 aliphatic rings. The van der Waals surface area contributed by atoms with Crippen LogP contribution in [0.3, 0.4) is 0 Å². The third-order valence-corrected chi connectivity index (χ3v) is 4.60. The third-order valence-electron chi connectivity index (χ3n) is 4.60. The van der Waals surface area contributed by atoms with Crippen LogP contribution < -0.4 is 4.74 Å². The van der Waals surface area contributed by atoms with Crippen LogP contribution in [-0.2, 0) is 11.3 Å². The Morgan fingerprint density at radius 3 is 2.92 bits per heavy atom. The minimum Gasteiger partial charge on any atom is -0.497 e. The number of rotatable bonds is 7. The maximum Gasteiger partial charge on any atom is 0.229 e. The Hall–Kier alpha value is -1.92. The van der Waals surface area contributed by atoms with Crippen molar-refractivity contribution in [2.75, 3.05) is 26.8 Å². The molecule has 1 atom stereocenters. The monoisotopic (exact) mass is 348 g/mol. The predicted octanol–water partition coefficient (Wildman–Crippen LogP) is 3.80. The molecule has 1 aromatic heterocycles. The quantitative estimate of drug-likeness (QED) is 0.762.